The zero-order chi connectivity index (χ0) is 14.9. The Labute approximate surface area is 139 Å². The Morgan fingerprint density at radius 2 is 1.70 bits per heavy atom. The Kier molecular flexibility index (Phi) is 5.20. The molecule has 0 amide bonds. The molecule has 0 aliphatic carbocycles. The standard InChI is InChI=1S/C13H12BrCl2NO2S/c1-18-9-3-6(8(14)5-10(9)19-2)12(17)7-4-11(15)20-13(7)16/h3-5,12H,17H2,1-2H3. The molecule has 1 heterocycles. The Bertz CT molecular complexity index is 633. The van der Waals surface area contributed by atoms with E-state index in [4.69, 9.17) is 38.4 Å². The quantitative estimate of drug-likeness (QED) is 0.800. The average molecular weight is 397 g/mol. The number of methoxy groups -OCH3 is 2. The predicted octanol–water partition coefficient (Wildman–Crippen LogP) is 4.88. The third-order valence-corrected chi connectivity index (χ3v) is 5.06. The minimum atomic E-state index is -0.402. The van der Waals surface area contributed by atoms with Crippen LogP contribution in [0.15, 0.2) is 22.7 Å². The predicted molar refractivity (Wildman–Crippen MR) is 87.6 cm³/mol. The van der Waals surface area contributed by atoms with E-state index in [0.717, 1.165) is 15.6 Å². The van der Waals surface area contributed by atoms with Gasteiger partial charge in [0.25, 0.3) is 0 Å². The molecule has 3 nitrogen and oxygen atoms in total. The summed E-state index contributed by atoms with van der Waals surface area (Å²) in [6.07, 6.45) is 0. The third-order valence-electron chi connectivity index (χ3n) is 2.86. The molecule has 1 aromatic carbocycles. The molecule has 1 unspecified atom stereocenters. The fourth-order valence-electron chi connectivity index (χ4n) is 1.84. The second-order valence-corrected chi connectivity index (χ2v) is 7.13. The van der Waals surface area contributed by atoms with Crippen LogP contribution in [0.2, 0.25) is 8.67 Å². The van der Waals surface area contributed by atoms with Crippen molar-refractivity contribution in [1.29, 1.82) is 0 Å². The molecule has 0 bridgehead atoms. The highest BCUT2D eigenvalue weighted by atomic mass is 79.9. The molecule has 0 radical (unpaired) electrons. The molecule has 0 aliphatic rings. The van der Waals surface area contributed by atoms with Crippen LogP contribution in [0.5, 0.6) is 11.5 Å². The first kappa shape index (κ1) is 15.9. The van der Waals surface area contributed by atoms with E-state index >= 15 is 0 Å². The third kappa shape index (κ3) is 3.07. The van der Waals surface area contributed by atoms with Gasteiger partial charge in [0.2, 0.25) is 0 Å². The summed E-state index contributed by atoms with van der Waals surface area (Å²) in [4.78, 5) is 0. The first-order valence-corrected chi connectivity index (χ1v) is 7.96. The van der Waals surface area contributed by atoms with Gasteiger partial charge in [0.15, 0.2) is 11.5 Å². The second-order valence-electron chi connectivity index (χ2n) is 3.99. The summed E-state index contributed by atoms with van der Waals surface area (Å²) >= 11 is 16.9. The molecule has 1 aromatic heterocycles. The van der Waals surface area contributed by atoms with Crippen molar-refractivity contribution >= 4 is 50.5 Å². The maximum Gasteiger partial charge on any atom is 0.161 e. The van der Waals surface area contributed by atoms with E-state index in [1.165, 1.54) is 11.3 Å². The fourth-order valence-corrected chi connectivity index (χ4v) is 3.96. The summed E-state index contributed by atoms with van der Waals surface area (Å²) in [6, 6.07) is 5.02. The van der Waals surface area contributed by atoms with E-state index in [1.54, 1.807) is 20.3 Å². The largest absolute Gasteiger partial charge is 0.493 e. The first-order valence-electron chi connectivity index (χ1n) is 5.59. The van der Waals surface area contributed by atoms with E-state index in [1.807, 2.05) is 12.1 Å². The number of rotatable bonds is 4. The highest BCUT2D eigenvalue weighted by Gasteiger charge is 2.20. The van der Waals surface area contributed by atoms with Gasteiger partial charge in [-0.15, -0.1) is 11.3 Å². The molecule has 0 saturated carbocycles. The zero-order valence-corrected chi connectivity index (χ0v) is 14.7. The van der Waals surface area contributed by atoms with E-state index in [0.29, 0.717) is 20.2 Å². The van der Waals surface area contributed by atoms with Gasteiger partial charge >= 0.3 is 0 Å². The topological polar surface area (TPSA) is 44.5 Å². The van der Waals surface area contributed by atoms with Crippen molar-refractivity contribution in [3.8, 4) is 11.5 Å². The summed E-state index contributed by atoms with van der Waals surface area (Å²) in [7, 11) is 3.16. The van der Waals surface area contributed by atoms with Gasteiger partial charge < -0.3 is 15.2 Å². The molecule has 0 aliphatic heterocycles. The number of hydrogen-bond acceptors (Lipinski definition) is 4. The zero-order valence-electron chi connectivity index (χ0n) is 10.7. The lowest BCUT2D eigenvalue weighted by atomic mass is 10.0. The van der Waals surface area contributed by atoms with E-state index in [9.17, 15) is 0 Å². The molecule has 0 fully saturated rings. The number of halogens is 3. The molecule has 2 aromatic rings. The smallest absolute Gasteiger partial charge is 0.161 e. The summed E-state index contributed by atoms with van der Waals surface area (Å²) in [5.41, 5.74) is 7.92. The lowest BCUT2D eigenvalue weighted by molar-refractivity contribution is 0.354. The van der Waals surface area contributed by atoms with Crippen molar-refractivity contribution in [1.82, 2.24) is 0 Å². The SMILES string of the molecule is COc1cc(Br)c(C(N)c2cc(Cl)sc2Cl)cc1OC. The molecule has 20 heavy (non-hydrogen) atoms. The molecular weight excluding hydrogens is 385 g/mol. The van der Waals surface area contributed by atoms with Gasteiger partial charge in [0.05, 0.1) is 28.9 Å². The molecule has 108 valence electrons. The van der Waals surface area contributed by atoms with Crippen molar-refractivity contribution in [2.24, 2.45) is 5.73 Å². The number of hydrogen-bond donors (Lipinski definition) is 1. The van der Waals surface area contributed by atoms with Crippen LogP contribution in [-0.4, -0.2) is 14.2 Å². The summed E-state index contributed by atoms with van der Waals surface area (Å²) < 4.78 is 12.6. The first-order chi connectivity index (χ1) is 9.47. The molecule has 0 saturated heterocycles. The Morgan fingerprint density at radius 3 is 2.20 bits per heavy atom. The molecular formula is C13H12BrCl2NO2S. The van der Waals surface area contributed by atoms with Crippen LogP contribution < -0.4 is 15.2 Å². The van der Waals surface area contributed by atoms with Crippen LogP contribution in [0.25, 0.3) is 0 Å². The number of ether oxygens (including phenoxy) is 2. The minimum Gasteiger partial charge on any atom is -0.493 e. The van der Waals surface area contributed by atoms with Gasteiger partial charge in [-0.25, -0.2) is 0 Å². The van der Waals surface area contributed by atoms with Crippen LogP contribution in [0.4, 0.5) is 0 Å². The number of thiophene rings is 1. The van der Waals surface area contributed by atoms with Crippen molar-refractivity contribution in [3.63, 3.8) is 0 Å². The summed E-state index contributed by atoms with van der Waals surface area (Å²) in [5, 5.41) is 0. The van der Waals surface area contributed by atoms with Crippen LogP contribution in [0, 0.1) is 0 Å². The Hall–Kier alpha value is -0.460. The van der Waals surface area contributed by atoms with E-state index < -0.39 is 6.04 Å². The van der Waals surface area contributed by atoms with Gasteiger partial charge in [-0.05, 0) is 23.8 Å². The van der Waals surface area contributed by atoms with Crippen molar-refractivity contribution in [2.45, 2.75) is 6.04 Å². The van der Waals surface area contributed by atoms with Crippen LogP contribution in [0.3, 0.4) is 0 Å². The van der Waals surface area contributed by atoms with Crippen molar-refractivity contribution in [3.05, 3.63) is 42.5 Å². The van der Waals surface area contributed by atoms with Crippen LogP contribution >= 0.6 is 50.5 Å². The highest BCUT2D eigenvalue weighted by Crippen LogP contribution is 2.41. The normalized spacial score (nSPS) is 12.3. The van der Waals surface area contributed by atoms with Crippen LogP contribution in [-0.2, 0) is 0 Å². The molecule has 2 rings (SSSR count). The second kappa shape index (κ2) is 6.54. The number of benzene rings is 1. The molecule has 0 spiro atoms. The van der Waals surface area contributed by atoms with Crippen LogP contribution in [0.1, 0.15) is 17.2 Å². The molecule has 2 N–H and O–H groups in total. The van der Waals surface area contributed by atoms with Gasteiger partial charge in [0, 0.05) is 10.0 Å². The van der Waals surface area contributed by atoms with E-state index in [2.05, 4.69) is 15.9 Å². The highest BCUT2D eigenvalue weighted by molar-refractivity contribution is 9.10. The number of nitrogens with two attached hydrogens (primary N) is 1. The maximum absolute atomic E-state index is 6.28. The monoisotopic (exact) mass is 395 g/mol. The molecule has 7 heteroatoms. The summed E-state index contributed by atoms with van der Waals surface area (Å²) in [5.74, 6) is 1.24. The van der Waals surface area contributed by atoms with Gasteiger partial charge in [-0.1, -0.05) is 39.1 Å². The average Bonchev–Trinajstić information content (AvgIpc) is 2.76. The van der Waals surface area contributed by atoms with Gasteiger partial charge in [0.1, 0.15) is 0 Å². The van der Waals surface area contributed by atoms with Crippen molar-refractivity contribution in [2.75, 3.05) is 14.2 Å². The van der Waals surface area contributed by atoms with Gasteiger partial charge in [-0.2, -0.15) is 0 Å². The fraction of sp³-hybridized carbons (Fsp3) is 0.231. The Balaban J connectivity index is 2.49. The summed E-state index contributed by atoms with van der Waals surface area (Å²) in [6.45, 7) is 0. The minimum absolute atomic E-state index is 0.402. The van der Waals surface area contributed by atoms with E-state index in [-0.39, 0.29) is 0 Å². The Morgan fingerprint density at radius 1 is 1.10 bits per heavy atom. The maximum atomic E-state index is 6.28. The lowest BCUT2D eigenvalue weighted by Crippen LogP contribution is -2.12. The lowest BCUT2D eigenvalue weighted by Gasteiger charge is -2.16. The van der Waals surface area contributed by atoms with Crippen molar-refractivity contribution < 1.29 is 9.47 Å². The molecule has 1 atom stereocenters. The van der Waals surface area contributed by atoms with Gasteiger partial charge in [-0.3, -0.25) is 0 Å².